The molecule has 0 aliphatic heterocycles. The topological polar surface area (TPSA) is 40.5 Å². The van der Waals surface area contributed by atoms with Gasteiger partial charge in [-0.3, -0.25) is 0 Å². The average molecular weight is 207 g/mol. The van der Waals surface area contributed by atoms with E-state index in [4.69, 9.17) is 5.11 Å². The van der Waals surface area contributed by atoms with E-state index in [1.54, 1.807) is 12.1 Å². The Morgan fingerprint density at radius 2 is 1.93 bits per heavy atom. The van der Waals surface area contributed by atoms with Crippen LogP contribution in [0.15, 0.2) is 18.2 Å². The van der Waals surface area contributed by atoms with Gasteiger partial charge in [-0.15, -0.1) is 0 Å². The van der Waals surface area contributed by atoms with Crippen LogP contribution in [0.1, 0.15) is 29.8 Å². The maximum Gasteiger partial charge on any atom is 0.337 e. The number of aromatic carboxylic acids is 1. The first-order chi connectivity index (χ1) is 7.11. The molecule has 3 nitrogen and oxygen atoms in total. The summed E-state index contributed by atoms with van der Waals surface area (Å²) in [6.45, 7) is 7.65. The second-order valence-corrected chi connectivity index (χ2v) is 3.45. The van der Waals surface area contributed by atoms with Crippen LogP contribution in [0, 0.1) is 6.92 Å². The summed E-state index contributed by atoms with van der Waals surface area (Å²) in [7, 11) is 0. The molecule has 82 valence electrons. The first-order valence-corrected chi connectivity index (χ1v) is 5.19. The SMILES string of the molecule is CCN(CC)c1c(C)cccc1C(=O)O. The molecule has 0 aliphatic rings. The molecule has 1 aromatic carbocycles. The van der Waals surface area contributed by atoms with Gasteiger partial charge in [0.15, 0.2) is 0 Å². The van der Waals surface area contributed by atoms with Crippen LogP contribution >= 0.6 is 0 Å². The lowest BCUT2D eigenvalue weighted by Gasteiger charge is -2.24. The second kappa shape index (κ2) is 4.82. The zero-order valence-electron chi connectivity index (χ0n) is 9.45. The first kappa shape index (κ1) is 11.6. The number of carboxylic acid groups (broad SMARTS) is 1. The minimum Gasteiger partial charge on any atom is -0.478 e. The van der Waals surface area contributed by atoms with Crippen LogP contribution in [0.5, 0.6) is 0 Å². The lowest BCUT2D eigenvalue weighted by Crippen LogP contribution is -2.25. The van der Waals surface area contributed by atoms with Crippen LogP contribution in [0.4, 0.5) is 5.69 Å². The summed E-state index contributed by atoms with van der Waals surface area (Å²) in [5, 5.41) is 9.10. The van der Waals surface area contributed by atoms with Gasteiger partial charge in [0, 0.05) is 13.1 Å². The summed E-state index contributed by atoms with van der Waals surface area (Å²) < 4.78 is 0. The number of aryl methyl sites for hydroxylation is 1. The molecular formula is C12H17NO2. The number of para-hydroxylation sites is 1. The van der Waals surface area contributed by atoms with Crippen LogP contribution in [0.3, 0.4) is 0 Å². The molecule has 1 N–H and O–H groups in total. The highest BCUT2D eigenvalue weighted by Gasteiger charge is 2.15. The fourth-order valence-corrected chi connectivity index (χ4v) is 1.79. The van der Waals surface area contributed by atoms with Crippen molar-refractivity contribution in [3.8, 4) is 0 Å². The van der Waals surface area contributed by atoms with Crippen molar-refractivity contribution in [2.24, 2.45) is 0 Å². The second-order valence-electron chi connectivity index (χ2n) is 3.45. The van der Waals surface area contributed by atoms with E-state index in [1.807, 2.05) is 26.8 Å². The van der Waals surface area contributed by atoms with Crippen molar-refractivity contribution >= 4 is 11.7 Å². The molecule has 0 saturated carbocycles. The number of nitrogens with zero attached hydrogens (tertiary/aromatic N) is 1. The monoisotopic (exact) mass is 207 g/mol. The van der Waals surface area contributed by atoms with Crippen molar-refractivity contribution in [3.63, 3.8) is 0 Å². The van der Waals surface area contributed by atoms with Crippen LogP contribution in [0.2, 0.25) is 0 Å². The van der Waals surface area contributed by atoms with Crippen LogP contribution in [0.25, 0.3) is 0 Å². The molecule has 0 heterocycles. The Balaban J connectivity index is 3.29. The number of benzene rings is 1. The number of carbonyl (C=O) groups is 1. The Morgan fingerprint density at radius 1 is 1.33 bits per heavy atom. The zero-order valence-corrected chi connectivity index (χ0v) is 9.45. The van der Waals surface area contributed by atoms with Gasteiger partial charge in [-0.2, -0.15) is 0 Å². The van der Waals surface area contributed by atoms with Gasteiger partial charge in [0.25, 0.3) is 0 Å². The van der Waals surface area contributed by atoms with Crippen LogP contribution in [-0.4, -0.2) is 24.2 Å². The maximum absolute atomic E-state index is 11.1. The number of anilines is 1. The van der Waals surface area contributed by atoms with Gasteiger partial charge >= 0.3 is 5.97 Å². The molecule has 0 fully saturated rings. The molecular weight excluding hydrogens is 190 g/mol. The summed E-state index contributed by atoms with van der Waals surface area (Å²) in [6, 6.07) is 5.38. The molecule has 0 amide bonds. The molecule has 1 rings (SSSR count). The Kier molecular flexibility index (Phi) is 3.72. The van der Waals surface area contributed by atoms with E-state index in [1.165, 1.54) is 0 Å². The third-order valence-electron chi connectivity index (χ3n) is 2.55. The molecule has 0 unspecified atom stereocenters. The summed E-state index contributed by atoms with van der Waals surface area (Å²) in [5.74, 6) is -0.861. The maximum atomic E-state index is 11.1. The summed E-state index contributed by atoms with van der Waals surface area (Å²) in [4.78, 5) is 13.2. The smallest absolute Gasteiger partial charge is 0.337 e. The number of carboxylic acids is 1. The fraction of sp³-hybridized carbons (Fsp3) is 0.417. The fourth-order valence-electron chi connectivity index (χ4n) is 1.79. The van der Waals surface area contributed by atoms with Crippen LogP contribution in [-0.2, 0) is 0 Å². The molecule has 0 aromatic heterocycles. The third-order valence-corrected chi connectivity index (χ3v) is 2.55. The Hall–Kier alpha value is -1.51. The van der Waals surface area contributed by atoms with E-state index >= 15 is 0 Å². The van der Waals surface area contributed by atoms with E-state index in [-0.39, 0.29) is 0 Å². The van der Waals surface area contributed by atoms with Gasteiger partial charge in [-0.1, -0.05) is 12.1 Å². The third kappa shape index (κ3) is 2.29. The molecule has 0 spiro atoms. The number of hydrogen-bond donors (Lipinski definition) is 1. The zero-order chi connectivity index (χ0) is 11.4. The van der Waals surface area contributed by atoms with Crippen molar-refractivity contribution in [1.82, 2.24) is 0 Å². The minimum absolute atomic E-state index is 0.388. The van der Waals surface area contributed by atoms with Gasteiger partial charge in [0.2, 0.25) is 0 Å². The highest BCUT2D eigenvalue weighted by atomic mass is 16.4. The van der Waals surface area contributed by atoms with Crippen molar-refractivity contribution in [2.45, 2.75) is 20.8 Å². The Labute approximate surface area is 90.3 Å². The molecule has 3 heteroatoms. The quantitative estimate of drug-likeness (QED) is 0.824. The largest absolute Gasteiger partial charge is 0.478 e. The van der Waals surface area contributed by atoms with E-state index in [0.29, 0.717) is 5.56 Å². The molecule has 0 radical (unpaired) electrons. The molecule has 15 heavy (non-hydrogen) atoms. The average Bonchev–Trinajstić information content (AvgIpc) is 2.21. The normalized spacial score (nSPS) is 10.1. The molecule has 0 bridgehead atoms. The minimum atomic E-state index is -0.861. The molecule has 0 aliphatic carbocycles. The Bertz CT molecular complexity index is 357. The van der Waals surface area contributed by atoms with E-state index in [0.717, 1.165) is 24.3 Å². The molecule has 0 saturated heterocycles. The van der Waals surface area contributed by atoms with Gasteiger partial charge in [-0.25, -0.2) is 4.79 Å². The lowest BCUT2D eigenvalue weighted by molar-refractivity contribution is 0.0697. The van der Waals surface area contributed by atoms with E-state index in [2.05, 4.69) is 4.90 Å². The van der Waals surface area contributed by atoms with Crippen molar-refractivity contribution < 1.29 is 9.90 Å². The van der Waals surface area contributed by atoms with E-state index in [9.17, 15) is 4.79 Å². The highest BCUT2D eigenvalue weighted by Crippen LogP contribution is 2.24. The van der Waals surface area contributed by atoms with Gasteiger partial charge in [0.1, 0.15) is 0 Å². The van der Waals surface area contributed by atoms with Crippen molar-refractivity contribution in [2.75, 3.05) is 18.0 Å². The number of hydrogen-bond acceptors (Lipinski definition) is 2. The molecule has 0 atom stereocenters. The Morgan fingerprint density at radius 3 is 2.40 bits per heavy atom. The number of rotatable bonds is 4. The van der Waals surface area contributed by atoms with E-state index < -0.39 is 5.97 Å². The highest BCUT2D eigenvalue weighted by molar-refractivity contribution is 5.95. The lowest BCUT2D eigenvalue weighted by atomic mass is 10.1. The van der Waals surface area contributed by atoms with Gasteiger partial charge in [-0.05, 0) is 32.4 Å². The first-order valence-electron chi connectivity index (χ1n) is 5.19. The van der Waals surface area contributed by atoms with Crippen molar-refractivity contribution in [3.05, 3.63) is 29.3 Å². The predicted molar refractivity (Wildman–Crippen MR) is 61.7 cm³/mol. The van der Waals surface area contributed by atoms with Gasteiger partial charge < -0.3 is 10.0 Å². The summed E-state index contributed by atoms with van der Waals surface area (Å²) in [6.07, 6.45) is 0. The van der Waals surface area contributed by atoms with Gasteiger partial charge in [0.05, 0.1) is 11.3 Å². The van der Waals surface area contributed by atoms with Crippen molar-refractivity contribution in [1.29, 1.82) is 0 Å². The van der Waals surface area contributed by atoms with Crippen LogP contribution < -0.4 is 4.90 Å². The summed E-state index contributed by atoms with van der Waals surface area (Å²) >= 11 is 0. The predicted octanol–water partition coefficient (Wildman–Crippen LogP) is 2.54. The summed E-state index contributed by atoms with van der Waals surface area (Å²) in [5.41, 5.74) is 2.24. The standard InChI is InChI=1S/C12H17NO2/c1-4-13(5-2)11-9(3)7-6-8-10(11)12(14)15/h6-8H,4-5H2,1-3H3,(H,14,15). The molecule has 1 aromatic rings.